The summed E-state index contributed by atoms with van der Waals surface area (Å²) in [5.41, 5.74) is 4.12. The van der Waals surface area contributed by atoms with Crippen molar-refractivity contribution in [2.75, 3.05) is 5.32 Å². The normalized spacial score (nSPS) is 11.3. The van der Waals surface area contributed by atoms with Crippen LogP contribution >= 0.6 is 0 Å². The number of nitrogens with zero attached hydrogens (tertiary/aromatic N) is 1. The molecule has 0 aromatic heterocycles. The number of nitriles is 1. The molecule has 0 saturated carbocycles. The molecule has 2 aromatic rings. The summed E-state index contributed by atoms with van der Waals surface area (Å²) in [5.74, 6) is -0.0494. The molecular formula is C19H21N3O. The molecule has 0 fully saturated rings. The van der Waals surface area contributed by atoms with Crippen LogP contribution < -0.4 is 10.6 Å². The number of carbonyl (C=O) groups is 1. The SMILES string of the molecule is Cc1ccc(CNC(=O)C(C)Nc2ccc(CC#N)cc2)cc1. The Bertz CT molecular complexity index is 684. The van der Waals surface area contributed by atoms with E-state index in [2.05, 4.69) is 16.7 Å². The third-order valence-corrected chi connectivity index (χ3v) is 3.60. The monoisotopic (exact) mass is 307 g/mol. The van der Waals surface area contributed by atoms with Gasteiger partial charge in [-0.1, -0.05) is 42.0 Å². The molecule has 1 amide bonds. The lowest BCUT2D eigenvalue weighted by Gasteiger charge is -2.15. The fourth-order valence-electron chi connectivity index (χ4n) is 2.17. The minimum absolute atomic E-state index is 0.0494. The first-order valence-corrected chi connectivity index (χ1v) is 7.64. The molecular weight excluding hydrogens is 286 g/mol. The molecule has 1 atom stereocenters. The lowest BCUT2D eigenvalue weighted by Crippen LogP contribution is -2.37. The first-order valence-electron chi connectivity index (χ1n) is 7.64. The number of nitrogens with one attached hydrogen (secondary N) is 2. The Balaban J connectivity index is 1.84. The molecule has 0 heterocycles. The second-order valence-electron chi connectivity index (χ2n) is 5.60. The maximum atomic E-state index is 12.1. The first kappa shape index (κ1) is 16.6. The van der Waals surface area contributed by atoms with Gasteiger partial charge in [0.05, 0.1) is 12.5 Å². The quantitative estimate of drug-likeness (QED) is 0.861. The van der Waals surface area contributed by atoms with Crippen LogP contribution in [0.4, 0.5) is 5.69 Å². The van der Waals surface area contributed by atoms with Crippen LogP contribution in [-0.4, -0.2) is 11.9 Å². The van der Waals surface area contributed by atoms with Crippen molar-refractivity contribution in [2.24, 2.45) is 0 Å². The minimum Gasteiger partial charge on any atom is -0.374 e. The summed E-state index contributed by atoms with van der Waals surface area (Å²) in [6.07, 6.45) is 0.396. The molecule has 0 spiro atoms. The van der Waals surface area contributed by atoms with Gasteiger partial charge in [-0.15, -0.1) is 0 Å². The van der Waals surface area contributed by atoms with Gasteiger partial charge in [0.2, 0.25) is 5.91 Å². The van der Waals surface area contributed by atoms with E-state index in [1.165, 1.54) is 5.56 Å². The molecule has 118 valence electrons. The fraction of sp³-hybridized carbons (Fsp3) is 0.263. The van der Waals surface area contributed by atoms with Crippen LogP contribution in [-0.2, 0) is 17.8 Å². The van der Waals surface area contributed by atoms with Gasteiger partial charge < -0.3 is 10.6 Å². The number of hydrogen-bond acceptors (Lipinski definition) is 3. The largest absolute Gasteiger partial charge is 0.374 e. The Morgan fingerprint density at radius 1 is 1.09 bits per heavy atom. The summed E-state index contributed by atoms with van der Waals surface area (Å²) in [4.78, 5) is 12.1. The van der Waals surface area contributed by atoms with Crippen LogP contribution in [0.15, 0.2) is 48.5 Å². The summed E-state index contributed by atoms with van der Waals surface area (Å²) in [7, 11) is 0. The predicted molar refractivity (Wildman–Crippen MR) is 91.9 cm³/mol. The number of carbonyl (C=O) groups excluding carboxylic acids is 1. The smallest absolute Gasteiger partial charge is 0.242 e. The number of amides is 1. The summed E-state index contributed by atoms with van der Waals surface area (Å²) in [6, 6.07) is 17.4. The molecule has 2 aromatic carbocycles. The Labute approximate surface area is 137 Å². The highest BCUT2D eigenvalue weighted by Crippen LogP contribution is 2.11. The van der Waals surface area contributed by atoms with Crippen molar-refractivity contribution in [1.29, 1.82) is 5.26 Å². The second-order valence-corrected chi connectivity index (χ2v) is 5.60. The van der Waals surface area contributed by atoms with Crippen LogP contribution in [0, 0.1) is 18.3 Å². The average Bonchev–Trinajstić information content (AvgIpc) is 2.56. The Hall–Kier alpha value is -2.80. The van der Waals surface area contributed by atoms with Crippen molar-refractivity contribution in [3.8, 4) is 6.07 Å². The molecule has 0 saturated heterocycles. The molecule has 0 aliphatic carbocycles. The van der Waals surface area contributed by atoms with Crippen LogP contribution in [0.3, 0.4) is 0 Å². The van der Waals surface area contributed by atoms with Gasteiger partial charge in [-0.2, -0.15) is 5.26 Å². The number of rotatable bonds is 6. The van der Waals surface area contributed by atoms with E-state index < -0.39 is 0 Å². The van der Waals surface area contributed by atoms with Gasteiger partial charge in [-0.3, -0.25) is 4.79 Å². The zero-order valence-electron chi connectivity index (χ0n) is 13.5. The van der Waals surface area contributed by atoms with Gasteiger partial charge in [0.25, 0.3) is 0 Å². The molecule has 0 radical (unpaired) electrons. The van der Waals surface area contributed by atoms with Gasteiger partial charge in [0.1, 0.15) is 6.04 Å². The molecule has 4 nitrogen and oxygen atoms in total. The van der Waals surface area contributed by atoms with Crippen molar-refractivity contribution in [3.05, 3.63) is 65.2 Å². The first-order chi connectivity index (χ1) is 11.1. The van der Waals surface area contributed by atoms with Gasteiger partial charge >= 0.3 is 0 Å². The van der Waals surface area contributed by atoms with Crippen molar-refractivity contribution < 1.29 is 4.79 Å². The van der Waals surface area contributed by atoms with E-state index in [1.807, 2.05) is 62.4 Å². The Morgan fingerprint density at radius 2 is 1.70 bits per heavy atom. The second kappa shape index (κ2) is 8.00. The average molecular weight is 307 g/mol. The van der Waals surface area contributed by atoms with Gasteiger partial charge in [0, 0.05) is 12.2 Å². The zero-order chi connectivity index (χ0) is 16.7. The summed E-state index contributed by atoms with van der Waals surface area (Å²) < 4.78 is 0. The Morgan fingerprint density at radius 3 is 2.30 bits per heavy atom. The van der Waals surface area contributed by atoms with Gasteiger partial charge in [-0.05, 0) is 37.1 Å². The maximum absolute atomic E-state index is 12.1. The van der Waals surface area contributed by atoms with Crippen molar-refractivity contribution >= 4 is 11.6 Å². The lowest BCUT2D eigenvalue weighted by atomic mass is 10.1. The van der Waals surface area contributed by atoms with E-state index in [-0.39, 0.29) is 11.9 Å². The third-order valence-electron chi connectivity index (χ3n) is 3.60. The van der Waals surface area contributed by atoms with Crippen LogP contribution in [0.1, 0.15) is 23.6 Å². The molecule has 4 heteroatoms. The standard InChI is InChI=1S/C19H21N3O/c1-14-3-5-17(6-4-14)13-21-19(23)15(2)22-18-9-7-16(8-10-18)11-12-20/h3-10,15,22H,11,13H2,1-2H3,(H,21,23). The fourth-order valence-corrected chi connectivity index (χ4v) is 2.17. The lowest BCUT2D eigenvalue weighted by molar-refractivity contribution is -0.121. The highest BCUT2D eigenvalue weighted by Gasteiger charge is 2.12. The van der Waals surface area contributed by atoms with E-state index >= 15 is 0 Å². The van der Waals surface area contributed by atoms with Crippen LogP contribution in [0.5, 0.6) is 0 Å². The van der Waals surface area contributed by atoms with E-state index in [0.717, 1.165) is 16.8 Å². The van der Waals surface area contributed by atoms with E-state index in [4.69, 9.17) is 5.26 Å². The number of benzene rings is 2. The van der Waals surface area contributed by atoms with Crippen molar-refractivity contribution in [1.82, 2.24) is 5.32 Å². The maximum Gasteiger partial charge on any atom is 0.242 e. The van der Waals surface area contributed by atoms with Crippen molar-refractivity contribution in [2.45, 2.75) is 32.9 Å². The number of aryl methyl sites for hydroxylation is 1. The predicted octanol–water partition coefficient (Wildman–Crippen LogP) is 3.18. The topological polar surface area (TPSA) is 64.9 Å². The van der Waals surface area contributed by atoms with E-state index in [0.29, 0.717) is 13.0 Å². The molecule has 2 N–H and O–H groups in total. The number of hydrogen-bond donors (Lipinski definition) is 2. The molecule has 23 heavy (non-hydrogen) atoms. The summed E-state index contributed by atoms with van der Waals surface area (Å²) >= 11 is 0. The van der Waals surface area contributed by atoms with Crippen LogP contribution in [0.25, 0.3) is 0 Å². The minimum atomic E-state index is -0.331. The summed E-state index contributed by atoms with van der Waals surface area (Å²) in [5, 5.41) is 14.7. The number of anilines is 1. The Kier molecular flexibility index (Phi) is 5.76. The molecule has 0 aliphatic rings. The van der Waals surface area contributed by atoms with E-state index in [1.54, 1.807) is 0 Å². The third kappa shape index (κ3) is 5.15. The molecule has 0 bridgehead atoms. The molecule has 1 unspecified atom stereocenters. The van der Waals surface area contributed by atoms with Crippen LogP contribution in [0.2, 0.25) is 0 Å². The van der Waals surface area contributed by atoms with E-state index in [9.17, 15) is 4.79 Å². The van der Waals surface area contributed by atoms with Crippen molar-refractivity contribution in [3.63, 3.8) is 0 Å². The van der Waals surface area contributed by atoms with Gasteiger partial charge in [-0.25, -0.2) is 0 Å². The highest BCUT2D eigenvalue weighted by molar-refractivity contribution is 5.84. The van der Waals surface area contributed by atoms with Gasteiger partial charge in [0.15, 0.2) is 0 Å². The molecule has 0 aliphatic heterocycles. The highest BCUT2D eigenvalue weighted by atomic mass is 16.2. The molecule has 2 rings (SSSR count). The zero-order valence-corrected chi connectivity index (χ0v) is 13.5. The summed E-state index contributed by atoms with van der Waals surface area (Å²) in [6.45, 7) is 4.39.